The van der Waals surface area contributed by atoms with Crippen molar-refractivity contribution in [1.29, 1.82) is 5.26 Å². The summed E-state index contributed by atoms with van der Waals surface area (Å²) in [6.45, 7) is -0.114. The Morgan fingerprint density at radius 1 is 1.60 bits per heavy atom. The fourth-order valence-electron chi connectivity index (χ4n) is 1.58. The maximum atomic E-state index is 8.94. The van der Waals surface area contributed by atoms with E-state index >= 15 is 0 Å². The molecule has 0 saturated carbocycles. The molecule has 0 spiro atoms. The van der Waals surface area contributed by atoms with Crippen molar-refractivity contribution in [3.05, 3.63) is 11.1 Å². The molecule has 1 aromatic heterocycles. The third-order valence-electron chi connectivity index (χ3n) is 2.36. The van der Waals surface area contributed by atoms with Crippen LogP contribution >= 0.6 is 0 Å². The molecule has 6 heteroatoms. The number of rotatable bonds is 1. The highest BCUT2D eigenvalue weighted by Crippen LogP contribution is 2.35. The van der Waals surface area contributed by atoms with Crippen LogP contribution in [0, 0.1) is 11.3 Å². The second-order valence-electron chi connectivity index (χ2n) is 3.31. The normalized spacial score (nSPS) is 18.0. The summed E-state index contributed by atoms with van der Waals surface area (Å²) in [5.41, 5.74) is 12.4. The number of nitriles is 1. The van der Waals surface area contributed by atoms with E-state index in [1.807, 2.05) is 6.07 Å². The lowest BCUT2D eigenvalue weighted by Crippen LogP contribution is -2.17. The van der Waals surface area contributed by atoms with Gasteiger partial charge in [0, 0.05) is 12.0 Å². The number of hydrogen-bond donors (Lipinski definition) is 3. The van der Waals surface area contributed by atoms with Crippen LogP contribution in [0.2, 0.25) is 0 Å². The van der Waals surface area contributed by atoms with Gasteiger partial charge < -0.3 is 21.3 Å². The van der Waals surface area contributed by atoms with Crippen molar-refractivity contribution in [3.8, 4) is 11.9 Å². The van der Waals surface area contributed by atoms with Crippen LogP contribution in [0.5, 0.6) is 5.88 Å². The van der Waals surface area contributed by atoms with Gasteiger partial charge >= 0.3 is 0 Å². The summed E-state index contributed by atoms with van der Waals surface area (Å²) in [7, 11) is 0. The Kier molecular flexibility index (Phi) is 2.10. The van der Waals surface area contributed by atoms with Gasteiger partial charge in [0.1, 0.15) is 23.6 Å². The number of aliphatic hydroxyl groups excluding tert-OH is 1. The monoisotopic (exact) mass is 206 g/mol. The van der Waals surface area contributed by atoms with Gasteiger partial charge in [0.25, 0.3) is 0 Å². The van der Waals surface area contributed by atoms with E-state index < -0.39 is 0 Å². The third kappa shape index (κ3) is 1.33. The minimum Gasteiger partial charge on any atom is -0.471 e. The molecule has 1 atom stereocenters. The molecule has 0 unspecified atom stereocenters. The summed E-state index contributed by atoms with van der Waals surface area (Å²) in [6, 6.07) is 1.90. The molecule has 5 N–H and O–H groups in total. The number of nitrogens with two attached hydrogens (primary N) is 2. The fraction of sp³-hybridized carbons (Fsp3) is 0.333. The summed E-state index contributed by atoms with van der Waals surface area (Å²) < 4.78 is 5.29. The standard InChI is InChI=1S/C9H10N4O2/c10-2-6-7(11)5-1-4(3-14)15-9(5)13-8(6)12/h4,14H,1,3H2,(H4,11,12,13)/t4-/m0/s1. The smallest absolute Gasteiger partial charge is 0.221 e. The van der Waals surface area contributed by atoms with Gasteiger partial charge in [-0.3, -0.25) is 0 Å². The number of ether oxygens (including phenoxy) is 1. The zero-order valence-corrected chi connectivity index (χ0v) is 7.90. The summed E-state index contributed by atoms with van der Waals surface area (Å²) in [4.78, 5) is 3.93. The minimum absolute atomic E-state index is 0.0624. The summed E-state index contributed by atoms with van der Waals surface area (Å²) in [6.07, 6.45) is 0.114. The molecule has 0 saturated heterocycles. The number of nitrogen functional groups attached to an aromatic ring is 2. The molecule has 78 valence electrons. The zero-order chi connectivity index (χ0) is 11.0. The van der Waals surface area contributed by atoms with E-state index in [0.29, 0.717) is 23.6 Å². The van der Waals surface area contributed by atoms with E-state index in [-0.39, 0.29) is 24.1 Å². The van der Waals surface area contributed by atoms with Gasteiger partial charge in [-0.15, -0.1) is 0 Å². The molecule has 0 aromatic carbocycles. The predicted octanol–water partition coefficient (Wildman–Crippen LogP) is -0.587. The first-order valence-corrected chi connectivity index (χ1v) is 4.42. The molecule has 0 aliphatic carbocycles. The number of aliphatic hydroxyl groups is 1. The first-order chi connectivity index (χ1) is 7.17. The van der Waals surface area contributed by atoms with E-state index in [9.17, 15) is 0 Å². The largest absolute Gasteiger partial charge is 0.471 e. The number of fused-ring (bicyclic) bond motifs is 1. The van der Waals surface area contributed by atoms with Crippen LogP contribution in [0.3, 0.4) is 0 Å². The Bertz CT molecular complexity index is 452. The number of pyridine rings is 1. The molecular weight excluding hydrogens is 196 g/mol. The first kappa shape index (κ1) is 9.55. The highest BCUT2D eigenvalue weighted by atomic mass is 16.5. The maximum absolute atomic E-state index is 8.94. The van der Waals surface area contributed by atoms with E-state index in [4.69, 9.17) is 26.6 Å². The number of nitrogens with zero attached hydrogens (tertiary/aromatic N) is 2. The van der Waals surface area contributed by atoms with Crippen LogP contribution < -0.4 is 16.2 Å². The lowest BCUT2D eigenvalue weighted by molar-refractivity contribution is 0.131. The van der Waals surface area contributed by atoms with E-state index in [0.717, 1.165) is 0 Å². The highest BCUT2D eigenvalue weighted by molar-refractivity contribution is 5.71. The second kappa shape index (κ2) is 3.29. The van der Waals surface area contributed by atoms with Gasteiger partial charge in [-0.05, 0) is 0 Å². The summed E-state index contributed by atoms with van der Waals surface area (Å²) in [5.74, 6) is 0.385. The van der Waals surface area contributed by atoms with Crippen molar-refractivity contribution in [2.24, 2.45) is 0 Å². The van der Waals surface area contributed by atoms with Crippen LogP contribution in [-0.2, 0) is 6.42 Å². The molecule has 2 heterocycles. The SMILES string of the molecule is N#Cc1c(N)nc2c(c1N)C[C@@H](CO)O2. The predicted molar refractivity (Wildman–Crippen MR) is 53.0 cm³/mol. The molecule has 0 fully saturated rings. The van der Waals surface area contributed by atoms with E-state index in [1.165, 1.54) is 0 Å². The van der Waals surface area contributed by atoms with Gasteiger partial charge in [-0.1, -0.05) is 0 Å². The lowest BCUT2D eigenvalue weighted by atomic mass is 10.1. The molecule has 2 rings (SSSR count). The second-order valence-corrected chi connectivity index (χ2v) is 3.31. The molecule has 1 aliphatic heterocycles. The van der Waals surface area contributed by atoms with Gasteiger partial charge in [0.05, 0.1) is 12.3 Å². The fourth-order valence-corrected chi connectivity index (χ4v) is 1.58. The van der Waals surface area contributed by atoms with Crippen LogP contribution in [-0.4, -0.2) is 22.8 Å². The Hall–Kier alpha value is -2.00. The highest BCUT2D eigenvalue weighted by Gasteiger charge is 2.28. The average Bonchev–Trinajstić information content (AvgIpc) is 2.61. The zero-order valence-electron chi connectivity index (χ0n) is 7.90. The molecular formula is C9H10N4O2. The topological polar surface area (TPSA) is 118 Å². The third-order valence-corrected chi connectivity index (χ3v) is 2.36. The molecule has 1 aromatic rings. The molecule has 6 nitrogen and oxygen atoms in total. The minimum atomic E-state index is -0.344. The van der Waals surface area contributed by atoms with Gasteiger partial charge in [-0.2, -0.15) is 10.2 Å². The van der Waals surface area contributed by atoms with E-state index in [1.54, 1.807) is 0 Å². The van der Waals surface area contributed by atoms with Crippen molar-refractivity contribution in [1.82, 2.24) is 4.98 Å². The number of anilines is 2. The number of aromatic nitrogens is 1. The molecule has 0 radical (unpaired) electrons. The Labute approximate surface area is 86.1 Å². The molecule has 15 heavy (non-hydrogen) atoms. The van der Waals surface area contributed by atoms with Crippen LogP contribution in [0.25, 0.3) is 0 Å². The summed E-state index contributed by atoms with van der Waals surface area (Å²) in [5, 5.41) is 17.7. The van der Waals surface area contributed by atoms with Gasteiger partial charge in [-0.25, -0.2) is 0 Å². The van der Waals surface area contributed by atoms with Crippen LogP contribution in [0.15, 0.2) is 0 Å². The van der Waals surface area contributed by atoms with Crippen molar-refractivity contribution in [3.63, 3.8) is 0 Å². The van der Waals surface area contributed by atoms with Crippen LogP contribution in [0.1, 0.15) is 11.1 Å². The van der Waals surface area contributed by atoms with Gasteiger partial charge in [0.15, 0.2) is 0 Å². The maximum Gasteiger partial charge on any atom is 0.221 e. The van der Waals surface area contributed by atoms with Crippen molar-refractivity contribution < 1.29 is 9.84 Å². The molecule has 0 bridgehead atoms. The molecule has 0 amide bonds. The van der Waals surface area contributed by atoms with Gasteiger partial charge in [0.2, 0.25) is 5.88 Å². The Morgan fingerprint density at radius 2 is 2.33 bits per heavy atom. The Morgan fingerprint density at radius 3 is 2.93 bits per heavy atom. The first-order valence-electron chi connectivity index (χ1n) is 4.42. The number of hydrogen-bond acceptors (Lipinski definition) is 6. The lowest BCUT2D eigenvalue weighted by Gasteiger charge is -2.06. The van der Waals surface area contributed by atoms with Crippen molar-refractivity contribution in [2.45, 2.75) is 12.5 Å². The van der Waals surface area contributed by atoms with Crippen molar-refractivity contribution >= 4 is 11.5 Å². The summed E-state index contributed by atoms with van der Waals surface area (Å²) >= 11 is 0. The Balaban J connectivity index is 2.53. The van der Waals surface area contributed by atoms with Crippen molar-refractivity contribution in [2.75, 3.05) is 18.1 Å². The van der Waals surface area contributed by atoms with E-state index in [2.05, 4.69) is 4.98 Å². The average molecular weight is 206 g/mol. The van der Waals surface area contributed by atoms with Crippen LogP contribution in [0.4, 0.5) is 11.5 Å². The molecule has 1 aliphatic rings. The quantitative estimate of drug-likeness (QED) is 0.565.